The van der Waals surface area contributed by atoms with E-state index in [1.54, 1.807) is 0 Å². The molecule has 0 aliphatic carbocycles. The molecule has 0 saturated carbocycles. The zero-order valence-corrected chi connectivity index (χ0v) is 12.7. The van der Waals surface area contributed by atoms with Gasteiger partial charge in [0.1, 0.15) is 0 Å². The molecular formula is C17H19ClN2. The standard InChI is InChI=1S/C17H19ClN2/c1-12-11-16(18)17(19-13(12)2)14-5-7-15(8-6-14)20-9-3-4-10-20/h5-8,11H,3-4,9-10H2,1-2H3. The van der Waals surface area contributed by atoms with E-state index in [1.165, 1.54) is 31.6 Å². The predicted octanol–water partition coefficient (Wildman–Crippen LogP) is 4.62. The number of hydrogen-bond acceptors (Lipinski definition) is 2. The molecule has 2 nitrogen and oxygen atoms in total. The number of nitrogens with zero attached hydrogens (tertiary/aromatic N) is 2. The van der Waals surface area contributed by atoms with Crippen molar-refractivity contribution in [2.45, 2.75) is 26.7 Å². The molecular weight excluding hydrogens is 268 g/mol. The van der Waals surface area contributed by atoms with Crippen molar-refractivity contribution in [2.24, 2.45) is 0 Å². The SMILES string of the molecule is Cc1cc(Cl)c(-c2ccc(N3CCCC3)cc2)nc1C. The fourth-order valence-electron chi connectivity index (χ4n) is 2.68. The zero-order chi connectivity index (χ0) is 14.1. The van der Waals surface area contributed by atoms with Crippen molar-refractivity contribution in [3.63, 3.8) is 0 Å². The van der Waals surface area contributed by atoms with Crippen LogP contribution < -0.4 is 4.90 Å². The van der Waals surface area contributed by atoms with Gasteiger partial charge in [-0.05, 0) is 50.5 Å². The van der Waals surface area contributed by atoms with Gasteiger partial charge in [0.25, 0.3) is 0 Å². The lowest BCUT2D eigenvalue weighted by atomic mass is 10.1. The second-order valence-electron chi connectivity index (χ2n) is 5.46. The first kappa shape index (κ1) is 13.4. The van der Waals surface area contributed by atoms with Gasteiger partial charge in [-0.2, -0.15) is 0 Å². The summed E-state index contributed by atoms with van der Waals surface area (Å²) >= 11 is 6.33. The zero-order valence-electron chi connectivity index (χ0n) is 12.0. The lowest BCUT2D eigenvalue weighted by Crippen LogP contribution is -2.17. The number of halogens is 1. The van der Waals surface area contributed by atoms with Crippen molar-refractivity contribution in [1.82, 2.24) is 4.98 Å². The largest absolute Gasteiger partial charge is 0.372 e. The fraction of sp³-hybridized carbons (Fsp3) is 0.353. The fourth-order valence-corrected chi connectivity index (χ4v) is 3.00. The average molecular weight is 287 g/mol. The molecule has 2 heterocycles. The van der Waals surface area contributed by atoms with Crippen LogP contribution in [0.1, 0.15) is 24.1 Å². The highest BCUT2D eigenvalue weighted by molar-refractivity contribution is 6.33. The Hall–Kier alpha value is -1.54. The van der Waals surface area contributed by atoms with Crippen LogP contribution in [-0.4, -0.2) is 18.1 Å². The third-order valence-corrected chi connectivity index (χ3v) is 4.32. The van der Waals surface area contributed by atoms with Crippen LogP contribution in [0.2, 0.25) is 5.02 Å². The number of benzene rings is 1. The average Bonchev–Trinajstić information content (AvgIpc) is 2.97. The van der Waals surface area contributed by atoms with E-state index in [-0.39, 0.29) is 0 Å². The van der Waals surface area contributed by atoms with Gasteiger partial charge in [0, 0.05) is 30.0 Å². The van der Waals surface area contributed by atoms with Gasteiger partial charge in [-0.25, -0.2) is 0 Å². The van der Waals surface area contributed by atoms with Gasteiger partial charge < -0.3 is 4.90 Å². The Morgan fingerprint density at radius 1 is 1.05 bits per heavy atom. The van der Waals surface area contributed by atoms with Gasteiger partial charge in [-0.3, -0.25) is 4.98 Å². The van der Waals surface area contributed by atoms with Gasteiger partial charge in [0.2, 0.25) is 0 Å². The van der Waals surface area contributed by atoms with Crippen LogP contribution in [-0.2, 0) is 0 Å². The molecule has 1 aliphatic rings. The summed E-state index contributed by atoms with van der Waals surface area (Å²) < 4.78 is 0. The van der Waals surface area contributed by atoms with Crippen molar-refractivity contribution in [1.29, 1.82) is 0 Å². The van der Waals surface area contributed by atoms with Gasteiger partial charge in [-0.1, -0.05) is 23.7 Å². The van der Waals surface area contributed by atoms with Gasteiger partial charge in [0.15, 0.2) is 0 Å². The molecule has 0 amide bonds. The molecule has 1 fully saturated rings. The molecule has 0 N–H and O–H groups in total. The Kier molecular flexibility index (Phi) is 3.66. The monoisotopic (exact) mass is 286 g/mol. The highest BCUT2D eigenvalue weighted by atomic mass is 35.5. The van der Waals surface area contributed by atoms with E-state index in [0.29, 0.717) is 0 Å². The Bertz CT molecular complexity index is 614. The van der Waals surface area contributed by atoms with Crippen LogP contribution in [0.15, 0.2) is 30.3 Å². The summed E-state index contributed by atoms with van der Waals surface area (Å²) in [5, 5.41) is 0.724. The molecule has 20 heavy (non-hydrogen) atoms. The minimum atomic E-state index is 0.724. The molecule has 1 aromatic heterocycles. The summed E-state index contributed by atoms with van der Waals surface area (Å²) in [6, 6.07) is 10.6. The Morgan fingerprint density at radius 3 is 2.35 bits per heavy atom. The van der Waals surface area contributed by atoms with E-state index >= 15 is 0 Å². The van der Waals surface area contributed by atoms with Gasteiger partial charge in [-0.15, -0.1) is 0 Å². The quantitative estimate of drug-likeness (QED) is 0.801. The van der Waals surface area contributed by atoms with Crippen LogP contribution >= 0.6 is 11.6 Å². The topological polar surface area (TPSA) is 16.1 Å². The number of aromatic nitrogens is 1. The van der Waals surface area contributed by atoms with Crippen molar-refractivity contribution in [3.05, 3.63) is 46.6 Å². The molecule has 0 spiro atoms. The molecule has 0 radical (unpaired) electrons. The number of pyridine rings is 1. The number of aryl methyl sites for hydroxylation is 2. The van der Waals surface area contributed by atoms with Crippen LogP contribution in [0.3, 0.4) is 0 Å². The molecule has 0 unspecified atom stereocenters. The first-order chi connectivity index (χ1) is 9.65. The second-order valence-corrected chi connectivity index (χ2v) is 5.87. The lowest BCUT2D eigenvalue weighted by molar-refractivity contribution is 0.949. The lowest BCUT2D eigenvalue weighted by Gasteiger charge is -2.18. The molecule has 1 aromatic carbocycles. The summed E-state index contributed by atoms with van der Waals surface area (Å²) in [6.07, 6.45) is 2.60. The molecule has 2 aromatic rings. The Labute approximate surface area is 125 Å². The summed E-state index contributed by atoms with van der Waals surface area (Å²) in [4.78, 5) is 7.05. The summed E-state index contributed by atoms with van der Waals surface area (Å²) in [6.45, 7) is 6.40. The van der Waals surface area contributed by atoms with Crippen molar-refractivity contribution >= 4 is 17.3 Å². The minimum Gasteiger partial charge on any atom is -0.372 e. The maximum atomic E-state index is 6.33. The highest BCUT2D eigenvalue weighted by Crippen LogP contribution is 2.30. The van der Waals surface area contributed by atoms with Crippen LogP contribution in [0, 0.1) is 13.8 Å². The van der Waals surface area contributed by atoms with Crippen molar-refractivity contribution in [2.75, 3.05) is 18.0 Å². The summed E-state index contributed by atoms with van der Waals surface area (Å²) in [5.74, 6) is 0. The van der Waals surface area contributed by atoms with E-state index in [1.807, 2.05) is 19.9 Å². The van der Waals surface area contributed by atoms with Crippen molar-refractivity contribution < 1.29 is 0 Å². The number of anilines is 1. The van der Waals surface area contributed by atoms with Crippen LogP contribution in [0.4, 0.5) is 5.69 Å². The van der Waals surface area contributed by atoms with Crippen molar-refractivity contribution in [3.8, 4) is 11.3 Å². The number of rotatable bonds is 2. The second kappa shape index (κ2) is 5.45. The molecule has 0 bridgehead atoms. The van der Waals surface area contributed by atoms with Crippen LogP contribution in [0.5, 0.6) is 0 Å². The molecule has 1 aliphatic heterocycles. The van der Waals surface area contributed by atoms with Gasteiger partial charge >= 0.3 is 0 Å². The van der Waals surface area contributed by atoms with E-state index < -0.39 is 0 Å². The summed E-state index contributed by atoms with van der Waals surface area (Å²) in [5.41, 5.74) is 5.43. The smallest absolute Gasteiger partial charge is 0.0891 e. The van der Waals surface area contributed by atoms with E-state index in [0.717, 1.165) is 27.5 Å². The molecule has 3 rings (SSSR count). The third-order valence-electron chi connectivity index (χ3n) is 4.03. The first-order valence-corrected chi connectivity index (χ1v) is 7.52. The Morgan fingerprint density at radius 2 is 1.70 bits per heavy atom. The molecule has 1 saturated heterocycles. The van der Waals surface area contributed by atoms with E-state index in [2.05, 4.69) is 34.1 Å². The first-order valence-electron chi connectivity index (χ1n) is 7.14. The van der Waals surface area contributed by atoms with E-state index in [9.17, 15) is 0 Å². The maximum absolute atomic E-state index is 6.33. The normalized spacial score (nSPS) is 14.8. The minimum absolute atomic E-state index is 0.724. The van der Waals surface area contributed by atoms with E-state index in [4.69, 9.17) is 11.6 Å². The highest BCUT2D eigenvalue weighted by Gasteiger charge is 2.13. The number of hydrogen-bond donors (Lipinski definition) is 0. The predicted molar refractivity (Wildman–Crippen MR) is 85.6 cm³/mol. The molecule has 0 atom stereocenters. The molecule has 104 valence electrons. The third kappa shape index (κ3) is 2.53. The van der Waals surface area contributed by atoms with Crippen LogP contribution in [0.25, 0.3) is 11.3 Å². The summed E-state index contributed by atoms with van der Waals surface area (Å²) in [7, 11) is 0. The molecule has 3 heteroatoms. The Balaban J connectivity index is 1.93. The van der Waals surface area contributed by atoms with Gasteiger partial charge in [0.05, 0.1) is 10.7 Å². The maximum Gasteiger partial charge on any atom is 0.0891 e.